The Morgan fingerprint density at radius 1 is 1.21 bits per heavy atom. The summed E-state index contributed by atoms with van der Waals surface area (Å²) in [5.41, 5.74) is 0.998. The van der Waals surface area contributed by atoms with Crippen LogP contribution in [0.15, 0.2) is 33.9 Å². The molecule has 0 unspecified atom stereocenters. The lowest BCUT2D eigenvalue weighted by atomic mass is 9.99. The maximum atomic E-state index is 12.7. The van der Waals surface area contributed by atoms with Crippen LogP contribution in [0.1, 0.15) is 64.1 Å². The zero-order chi connectivity index (χ0) is 21.8. The standard InChI is InChI=1S/C20H29N3O5S/c1-7-14(3)16(21-18(24)28-20(4,5)6)17-22-23-19(27-17)29(25,26)12-15-10-8-13(2)9-11-15/h8-11,14,16H,7,12H2,1-6H3,(H,21,24)/t14-,16+/m1/s1. The highest BCUT2D eigenvalue weighted by molar-refractivity contribution is 7.90. The quantitative estimate of drug-likeness (QED) is 0.717. The minimum Gasteiger partial charge on any atom is -0.444 e. The minimum absolute atomic E-state index is 0.0349. The third kappa shape index (κ3) is 6.56. The van der Waals surface area contributed by atoms with Gasteiger partial charge in [-0.2, -0.15) is 0 Å². The molecule has 1 aromatic heterocycles. The number of benzene rings is 1. The van der Waals surface area contributed by atoms with E-state index in [4.69, 9.17) is 9.15 Å². The molecule has 0 aliphatic heterocycles. The molecule has 1 heterocycles. The van der Waals surface area contributed by atoms with Gasteiger partial charge >= 0.3 is 11.3 Å². The van der Waals surface area contributed by atoms with Crippen LogP contribution in [0.5, 0.6) is 0 Å². The summed E-state index contributed by atoms with van der Waals surface area (Å²) in [6.07, 6.45) is 0.0685. The van der Waals surface area contributed by atoms with Crippen molar-refractivity contribution in [3.8, 4) is 0 Å². The summed E-state index contributed by atoms with van der Waals surface area (Å²) in [6, 6.07) is 6.51. The molecule has 29 heavy (non-hydrogen) atoms. The van der Waals surface area contributed by atoms with Crippen molar-refractivity contribution in [2.24, 2.45) is 5.92 Å². The normalized spacial score (nSPS) is 14.3. The van der Waals surface area contributed by atoms with Gasteiger partial charge in [0, 0.05) is 0 Å². The van der Waals surface area contributed by atoms with E-state index in [1.165, 1.54) is 0 Å². The molecule has 2 atom stereocenters. The number of amides is 1. The Hall–Kier alpha value is -2.42. The number of aryl methyl sites for hydroxylation is 1. The average molecular weight is 424 g/mol. The van der Waals surface area contributed by atoms with Crippen LogP contribution in [-0.4, -0.2) is 30.3 Å². The molecule has 8 nitrogen and oxygen atoms in total. The zero-order valence-corrected chi connectivity index (χ0v) is 18.5. The lowest BCUT2D eigenvalue weighted by Gasteiger charge is -2.24. The summed E-state index contributed by atoms with van der Waals surface area (Å²) in [6.45, 7) is 11.0. The maximum Gasteiger partial charge on any atom is 0.408 e. The van der Waals surface area contributed by atoms with Crippen LogP contribution in [0.2, 0.25) is 0 Å². The molecule has 1 aromatic carbocycles. The second kappa shape index (κ2) is 8.94. The van der Waals surface area contributed by atoms with Gasteiger partial charge in [0.2, 0.25) is 15.7 Å². The number of hydrogen-bond donors (Lipinski definition) is 1. The van der Waals surface area contributed by atoms with E-state index < -0.39 is 32.8 Å². The predicted molar refractivity (Wildman–Crippen MR) is 108 cm³/mol. The molecule has 0 aliphatic rings. The van der Waals surface area contributed by atoms with Crippen molar-refractivity contribution in [1.29, 1.82) is 0 Å². The van der Waals surface area contributed by atoms with Crippen LogP contribution < -0.4 is 5.32 Å². The van der Waals surface area contributed by atoms with Gasteiger partial charge in [-0.3, -0.25) is 0 Å². The van der Waals surface area contributed by atoms with Crippen molar-refractivity contribution in [3.05, 3.63) is 41.3 Å². The van der Waals surface area contributed by atoms with Crippen LogP contribution in [0.25, 0.3) is 0 Å². The fourth-order valence-electron chi connectivity index (χ4n) is 2.55. The van der Waals surface area contributed by atoms with Crippen LogP contribution in [0.4, 0.5) is 4.79 Å². The molecule has 0 fully saturated rings. The third-order valence-electron chi connectivity index (χ3n) is 4.32. The largest absolute Gasteiger partial charge is 0.444 e. The molecular formula is C20H29N3O5S. The predicted octanol–water partition coefficient (Wildman–Crippen LogP) is 3.96. The number of ether oxygens (including phenoxy) is 1. The molecule has 0 radical (unpaired) electrons. The first-order chi connectivity index (χ1) is 13.4. The zero-order valence-electron chi connectivity index (χ0n) is 17.7. The molecule has 0 saturated carbocycles. The number of nitrogens with zero attached hydrogens (tertiary/aromatic N) is 2. The van der Waals surface area contributed by atoms with E-state index in [0.29, 0.717) is 12.0 Å². The third-order valence-corrected chi connectivity index (χ3v) is 5.73. The van der Waals surface area contributed by atoms with E-state index in [0.717, 1.165) is 5.56 Å². The number of sulfone groups is 1. The Balaban J connectivity index is 2.22. The van der Waals surface area contributed by atoms with E-state index in [1.807, 2.05) is 32.9 Å². The lowest BCUT2D eigenvalue weighted by Crippen LogP contribution is -2.37. The molecule has 2 rings (SSSR count). The van der Waals surface area contributed by atoms with Gasteiger partial charge in [0.25, 0.3) is 0 Å². The summed E-state index contributed by atoms with van der Waals surface area (Å²) in [7, 11) is -3.81. The Morgan fingerprint density at radius 3 is 2.38 bits per heavy atom. The Bertz CT molecular complexity index is 930. The second-order valence-electron chi connectivity index (χ2n) is 8.16. The number of rotatable bonds is 7. The van der Waals surface area contributed by atoms with Gasteiger partial charge in [-0.05, 0) is 39.2 Å². The van der Waals surface area contributed by atoms with Gasteiger partial charge in [-0.1, -0.05) is 55.2 Å². The van der Waals surface area contributed by atoms with E-state index >= 15 is 0 Å². The number of carbonyl (C=O) groups is 1. The number of carbonyl (C=O) groups excluding carboxylic acids is 1. The number of nitrogens with one attached hydrogen (secondary N) is 1. The maximum absolute atomic E-state index is 12.7. The molecule has 0 saturated heterocycles. The number of aromatic nitrogens is 2. The second-order valence-corrected chi connectivity index (χ2v) is 10.0. The van der Waals surface area contributed by atoms with E-state index in [1.54, 1.807) is 32.9 Å². The highest BCUT2D eigenvalue weighted by Crippen LogP contribution is 2.26. The van der Waals surface area contributed by atoms with Crippen molar-refractivity contribution in [2.75, 3.05) is 0 Å². The highest BCUT2D eigenvalue weighted by Gasteiger charge is 2.31. The van der Waals surface area contributed by atoms with E-state index in [9.17, 15) is 13.2 Å². The van der Waals surface area contributed by atoms with Crippen molar-refractivity contribution < 1.29 is 22.4 Å². The fourth-order valence-corrected chi connectivity index (χ4v) is 3.69. The molecular weight excluding hydrogens is 394 g/mol. The smallest absolute Gasteiger partial charge is 0.408 e. The topological polar surface area (TPSA) is 111 Å². The summed E-state index contributed by atoms with van der Waals surface area (Å²) < 4.78 is 36.1. The SMILES string of the molecule is CC[C@@H](C)[C@H](NC(=O)OC(C)(C)C)c1nnc(S(=O)(=O)Cc2ccc(C)cc2)o1. The van der Waals surface area contributed by atoms with Gasteiger partial charge in [0.1, 0.15) is 11.6 Å². The Morgan fingerprint density at radius 2 is 1.83 bits per heavy atom. The first-order valence-corrected chi connectivity index (χ1v) is 11.2. The molecule has 0 spiro atoms. The lowest BCUT2D eigenvalue weighted by molar-refractivity contribution is 0.0473. The van der Waals surface area contributed by atoms with Crippen molar-refractivity contribution >= 4 is 15.9 Å². The summed E-state index contributed by atoms with van der Waals surface area (Å²) in [5, 5.41) is 9.86. The average Bonchev–Trinajstić information content (AvgIpc) is 3.10. The van der Waals surface area contributed by atoms with E-state index in [-0.39, 0.29) is 17.6 Å². The molecule has 160 valence electrons. The minimum atomic E-state index is -3.81. The van der Waals surface area contributed by atoms with Gasteiger partial charge in [0.15, 0.2) is 0 Å². The van der Waals surface area contributed by atoms with Crippen LogP contribution >= 0.6 is 0 Å². The van der Waals surface area contributed by atoms with Crippen LogP contribution in [-0.2, 0) is 20.3 Å². The number of hydrogen-bond acceptors (Lipinski definition) is 7. The Kier molecular flexibility index (Phi) is 7.05. The molecule has 9 heteroatoms. The molecule has 2 aromatic rings. The number of alkyl carbamates (subject to hydrolysis) is 1. The summed E-state index contributed by atoms with van der Waals surface area (Å²) in [4.78, 5) is 12.2. The fraction of sp³-hybridized carbons (Fsp3) is 0.550. The first kappa shape index (κ1) is 22.9. The monoisotopic (exact) mass is 423 g/mol. The molecule has 1 N–H and O–H groups in total. The Labute approximate surface area is 172 Å². The van der Waals surface area contributed by atoms with Gasteiger partial charge in [-0.15, -0.1) is 5.10 Å². The first-order valence-electron chi connectivity index (χ1n) is 9.52. The van der Waals surface area contributed by atoms with Crippen LogP contribution in [0, 0.1) is 12.8 Å². The van der Waals surface area contributed by atoms with Crippen molar-refractivity contribution in [3.63, 3.8) is 0 Å². The van der Waals surface area contributed by atoms with Gasteiger partial charge < -0.3 is 14.5 Å². The molecule has 0 aliphatic carbocycles. The summed E-state index contributed by atoms with van der Waals surface area (Å²) >= 11 is 0. The highest BCUT2D eigenvalue weighted by atomic mass is 32.2. The van der Waals surface area contributed by atoms with Gasteiger partial charge in [0.05, 0.1) is 5.75 Å². The van der Waals surface area contributed by atoms with Gasteiger partial charge in [-0.25, -0.2) is 13.2 Å². The van der Waals surface area contributed by atoms with Crippen molar-refractivity contribution in [2.45, 2.75) is 70.6 Å². The van der Waals surface area contributed by atoms with E-state index in [2.05, 4.69) is 15.5 Å². The summed E-state index contributed by atoms with van der Waals surface area (Å²) in [5.74, 6) is -0.286. The van der Waals surface area contributed by atoms with Crippen molar-refractivity contribution in [1.82, 2.24) is 15.5 Å². The van der Waals surface area contributed by atoms with Crippen LogP contribution in [0.3, 0.4) is 0 Å². The molecule has 0 bridgehead atoms. The molecule has 1 amide bonds.